The van der Waals surface area contributed by atoms with Crippen molar-refractivity contribution in [3.63, 3.8) is 0 Å². The minimum Gasteiger partial charge on any atom is -0.647 e. The number of hydrogen-bond donors (Lipinski definition) is 0. The Bertz CT molecular complexity index is 550. The second-order valence-electron chi connectivity index (χ2n) is 2.39. The van der Waals surface area contributed by atoms with E-state index in [0.29, 0.717) is 11.4 Å². The fourth-order valence-electron chi connectivity index (χ4n) is 0.985. The van der Waals surface area contributed by atoms with E-state index in [1.54, 1.807) is 0 Å². The van der Waals surface area contributed by atoms with Crippen molar-refractivity contribution in [2.45, 2.75) is 8.42 Å². The SMILES string of the molecule is O=c1ssc2c1[N-]c1c(ssc1=O)S2. The quantitative estimate of drug-likeness (QED) is 0.592. The summed E-state index contributed by atoms with van der Waals surface area (Å²) in [6, 6.07) is 0. The number of nitrogens with zero attached hydrogens (tertiary/aromatic N) is 1. The maximum absolute atomic E-state index is 11.3. The predicted octanol–water partition coefficient (Wildman–Crippen LogP) is 3.45. The van der Waals surface area contributed by atoms with E-state index in [4.69, 9.17) is 0 Å². The third kappa shape index (κ3) is 1.22. The van der Waals surface area contributed by atoms with Gasteiger partial charge in [-0.2, -0.15) is 0 Å². The number of fused-ring (bicyclic) bond motifs is 2. The Labute approximate surface area is 96.8 Å². The van der Waals surface area contributed by atoms with Crippen LogP contribution >= 0.6 is 53.1 Å². The van der Waals surface area contributed by atoms with Gasteiger partial charge in [-0.05, 0) is 20.7 Å². The third-order valence-corrected chi connectivity index (χ3v) is 7.91. The molecule has 0 radical (unpaired) electrons. The van der Waals surface area contributed by atoms with Crippen molar-refractivity contribution in [2.24, 2.45) is 0 Å². The van der Waals surface area contributed by atoms with Crippen LogP contribution in [0.3, 0.4) is 0 Å². The van der Waals surface area contributed by atoms with Crippen molar-refractivity contribution in [1.29, 1.82) is 0 Å². The Hall–Kier alpha value is -0.150. The molecule has 3 nitrogen and oxygen atoms in total. The molecule has 1 aliphatic rings. The monoisotopic (exact) mass is 278 g/mol. The average Bonchev–Trinajstić information content (AvgIpc) is 2.71. The van der Waals surface area contributed by atoms with E-state index in [-0.39, 0.29) is 9.48 Å². The van der Waals surface area contributed by atoms with Gasteiger partial charge in [0.15, 0.2) is 0 Å². The first-order valence-electron chi connectivity index (χ1n) is 3.41. The van der Waals surface area contributed by atoms with Crippen LogP contribution in [-0.4, -0.2) is 0 Å². The van der Waals surface area contributed by atoms with Crippen molar-refractivity contribution in [2.75, 3.05) is 0 Å². The molecule has 0 saturated carbocycles. The van der Waals surface area contributed by atoms with Crippen molar-refractivity contribution >= 4 is 64.5 Å². The Morgan fingerprint density at radius 1 is 0.786 bits per heavy atom. The minimum absolute atomic E-state index is 0.0428. The van der Waals surface area contributed by atoms with Crippen LogP contribution in [0.25, 0.3) is 5.32 Å². The molecule has 0 aromatic carbocycles. The van der Waals surface area contributed by atoms with E-state index < -0.39 is 0 Å². The van der Waals surface area contributed by atoms with Crippen LogP contribution in [0.4, 0.5) is 11.4 Å². The predicted molar refractivity (Wildman–Crippen MR) is 63.7 cm³/mol. The lowest BCUT2D eigenvalue weighted by Crippen LogP contribution is -1.96. The van der Waals surface area contributed by atoms with Gasteiger partial charge in [-0.15, -0.1) is 0 Å². The van der Waals surface area contributed by atoms with Gasteiger partial charge in [-0.1, -0.05) is 43.8 Å². The highest BCUT2D eigenvalue weighted by molar-refractivity contribution is 8.06. The van der Waals surface area contributed by atoms with E-state index in [2.05, 4.69) is 5.32 Å². The molecule has 0 fully saturated rings. The van der Waals surface area contributed by atoms with Crippen LogP contribution in [0.2, 0.25) is 0 Å². The van der Waals surface area contributed by atoms with Gasteiger partial charge in [0.05, 0.1) is 8.42 Å². The average molecular weight is 278 g/mol. The summed E-state index contributed by atoms with van der Waals surface area (Å²) >= 11 is 1.49. The summed E-state index contributed by atoms with van der Waals surface area (Å²) in [6.07, 6.45) is 0. The van der Waals surface area contributed by atoms with Gasteiger partial charge in [0, 0.05) is 0 Å². The molecule has 14 heavy (non-hydrogen) atoms. The topological polar surface area (TPSA) is 48.2 Å². The van der Waals surface area contributed by atoms with Crippen LogP contribution < -0.4 is 9.48 Å². The smallest absolute Gasteiger partial charge is 0.229 e. The molecule has 0 N–H and O–H groups in total. The second kappa shape index (κ2) is 3.17. The van der Waals surface area contributed by atoms with Crippen molar-refractivity contribution in [1.82, 2.24) is 0 Å². The lowest BCUT2D eigenvalue weighted by molar-refractivity contribution is 1.51. The lowest BCUT2D eigenvalue weighted by Gasteiger charge is -2.23. The van der Waals surface area contributed by atoms with Crippen molar-refractivity contribution in [3.8, 4) is 0 Å². The molecule has 8 heteroatoms. The van der Waals surface area contributed by atoms with E-state index in [1.165, 1.54) is 53.1 Å². The van der Waals surface area contributed by atoms with E-state index in [9.17, 15) is 9.59 Å². The molecule has 0 amide bonds. The highest BCUT2D eigenvalue weighted by Crippen LogP contribution is 2.53. The molecular weight excluding hydrogens is 278 g/mol. The zero-order valence-corrected chi connectivity index (χ0v) is 10.4. The molecule has 0 saturated heterocycles. The van der Waals surface area contributed by atoms with Crippen LogP contribution in [0, 0.1) is 0 Å². The van der Waals surface area contributed by atoms with E-state index in [0.717, 1.165) is 8.42 Å². The van der Waals surface area contributed by atoms with Gasteiger partial charge >= 0.3 is 0 Å². The van der Waals surface area contributed by atoms with Crippen LogP contribution in [0.15, 0.2) is 18.0 Å². The van der Waals surface area contributed by atoms with Gasteiger partial charge in [0.1, 0.15) is 0 Å². The maximum atomic E-state index is 11.3. The summed E-state index contributed by atoms with van der Waals surface area (Å²) in [4.78, 5) is 22.7. The van der Waals surface area contributed by atoms with Gasteiger partial charge in [0.25, 0.3) is 0 Å². The molecule has 2 aromatic rings. The maximum Gasteiger partial charge on any atom is 0.229 e. The zero-order valence-electron chi connectivity index (χ0n) is 6.30. The first-order valence-corrected chi connectivity index (χ1v) is 8.53. The van der Waals surface area contributed by atoms with Crippen LogP contribution in [0.1, 0.15) is 0 Å². The molecule has 0 bridgehead atoms. The molecule has 3 rings (SSSR count). The van der Waals surface area contributed by atoms with Crippen LogP contribution in [-0.2, 0) is 0 Å². The zero-order chi connectivity index (χ0) is 9.71. The molecule has 72 valence electrons. The first-order chi connectivity index (χ1) is 6.75. The molecule has 0 aliphatic carbocycles. The molecule has 3 heterocycles. The van der Waals surface area contributed by atoms with Crippen LogP contribution in [0.5, 0.6) is 0 Å². The summed E-state index contributed by atoms with van der Waals surface area (Å²) in [5.41, 5.74) is 0.917. The fourth-order valence-corrected chi connectivity index (χ4v) is 7.08. The van der Waals surface area contributed by atoms with Gasteiger partial charge < -0.3 is 5.32 Å². The molecule has 2 aromatic heterocycles. The Kier molecular flexibility index (Phi) is 2.06. The Morgan fingerprint density at radius 2 is 1.29 bits per heavy atom. The summed E-state index contributed by atoms with van der Waals surface area (Å²) in [5.74, 6) is 0. The summed E-state index contributed by atoms with van der Waals surface area (Å²) in [5, 5.41) is 4.12. The van der Waals surface area contributed by atoms with E-state index in [1.807, 2.05) is 0 Å². The Balaban J connectivity index is 2.25. The molecule has 0 spiro atoms. The normalized spacial score (nSPS) is 13.1. The summed E-state index contributed by atoms with van der Waals surface area (Å²) < 4.78 is 1.75. The van der Waals surface area contributed by atoms with E-state index >= 15 is 0 Å². The highest BCUT2D eigenvalue weighted by atomic mass is 32.9. The summed E-state index contributed by atoms with van der Waals surface area (Å²) in [7, 11) is 5.22. The standard InChI is InChI=1S/C6NO2S5/c8-3-1-5(13-11-3)10-6-2(7-1)4(9)12-14-6/q-1. The third-order valence-electron chi connectivity index (χ3n) is 1.57. The summed E-state index contributed by atoms with van der Waals surface area (Å²) in [6.45, 7) is 0. The second-order valence-corrected chi connectivity index (χ2v) is 8.16. The fraction of sp³-hybridized carbons (Fsp3) is 0. The molecule has 0 atom stereocenters. The highest BCUT2D eigenvalue weighted by Gasteiger charge is 2.15. The van der Waals surface area contributed by atoms with Gasteiger partial charge in [0.2, 0.25) is 9.48 Å². The first kappa shape index (κ1) is 9.10. The largest absolute Gasteiger partial charge is 0.647 e. The number of hydrogen-bond acceptors (Lipinski definition) is 7. The number of rotatable bonds is 0. The minimum atomic E-state index is -0.0428. The van der Waals surface area contributed by atoms with Crippen molar-refractivity contribution < 1.29 is 0 Å². The molecule has 1 aliphatic heterocycles. The van der Waals surface area contributed by atoms with Gasteiger partial charge in [-0.25, -0.2) is 0 Å². The van der Waals surface area contributed by atoms with Gasteiger partial charge in [-0.3, -0.25) is 9.59 Å². The Morgan fingerprint density at radius 3 is 1.79 bits per heavy atom. The lowest BCUT2D eigenvalue weighted by atomic mass is 10.5. The molecular formula is C6NO2S5-. The van der Waals surface area contributed by atoms with Crippen molar-refractivity contribution in [3.05, 3.63) is 24.4 Å². The molecule has 0 unspecified atom stereocenters.